The molecule has 1 aromatic heterocycles. The molecule has 0 amide bonds. The molecule has 0 aliphatic rings. The molecule has 98 valence electrons. The Morgan fingerprint density at radius 3 is 2.68 bits per heavy atom. The van der Waals surface area contributed by atoms with Crippen LogP contribution in [0.15, 0.2) is 24.3 Å². The lowest BCUT2D eigenvalue weighted by Gasteiger charge is -2.09. The molecule has 0 aliphatic carbocycles. The molecule has 5 nitrogen and oxygen atoms in total. The zero-order valence-corrected chi connectivity index (χ0v) is 11.2. The van der Waals surface area contributed by atoms with Gasteiger partial charge in [-0.25, -0.2) is 4.79 Å². The molecule has 0 unspecified atom stereocenters. The van der Waals surface area contributed by atoms with E-state index in [0.717, 1.165) is 0 Å². The molecule has 0 saturated heterocycles. The van der Waals surface area contributed by atoms with Crippen molar-refractivity contribution < 1.29 is 14.6 Å². The van der Waals surface area contributed by atoms with Gasteiger partial charge in [-0.05, 0) is 25.1 Å². The van der Waals surface area contributed by atoms with Gasteiger partial charge in [0.05, 0.1) is 0 Å². The molecule has 1 heterocycles. The lowest BCUT2D eigenvalue weighted by molar-refractivity contribution is 0.0692. The molecule has 19 heavy (non-hydrogen) atoms. The third-order valence-corrected chi connectivity index (χ3v) is 2.95. The Balaban J connectivity index is 2.46. The van der Waals surface area contributed by atoms with E-state index in [2.05, 4.69) is 10.2 Å². The zero-order chi connectivity index (χ0) is 14.0. The van der Waals surface area contributed by atoms with Crippen LogP contribution in [0.3, 0.4) is 0 Å². The molecule has 0 fully saturated rings. The number of halogens is 2. The van der Waals surface area contributed by atoms with Crippen LogP contribution in [0.4, 0.5) is 0 Å². The topological polar surface area (TPSA) is 72.3 Å². The van der Waals surface area contributed by atoms with Gasteiger partial charge in [0.25, 0.3) is 5.88 Å². The Morgan fingerprint density at radius 2 is 2.05 bits per heavy atom. The van der Waals surface area contributed by atoms with Crippen LogP contribution in [0.2, 0.25) is 10.2 Å². The first-order valence-electron chi connectivity index (χ1n) is 5.18. The van der Waals surface area contributed by atoms with Crippen molar-refractivity contribution in [2.24, 2.45) is 0 Å². The average Bonchev–Trinajstić information content (AvgIpc) is 2.33. The van der Waals surface area contributed by atoms with Gasteiger partial charge < -0.3 is 9.84 Å². The third kappa shape index (κ3) is 2.94. The highest BCUT2D eigenvalue weighted by atomic mass is 35.5. The molecule has 1 N–H and O–H groups in total. The summed E-state index contributed by atoms with van der Waals surface area (Å²) in [6, 6.07) is 6.52. The molecule has 0 spiro atoms. The number of nitrogens with zero attached hydrogens (tertiary/aromatic N) is 2. The lowest BCUT2D eigenvalue weighted by Crippen LogP contribution is -2.07. The number of hydrogen-bond acceptors (Lipinski definition) is 4. The Hall–Kier alpha value is -1.85. The molecular formula is C12H8Cl2N2O3. The van der Waals surface area contributed by atoms with Crippen LogP contribution in [0.1, 0.15) is 15.9 Å². The van der Waals surface area contributed by atoms with Crippen LogP contribution in [0.25, 0.3) is 0 Å². The van der Waals surface area contributed by atoms with Crippen LogP contribution >= 0.6 is 23.2 Å². The summed E-state index contributed by atoms with van der Waals surface area (Å²) in [5.41, 5.74) is 0.168. The number of rotatable bonds is 3. The molecule has 0 radical (unpaired) electrons. The fraction of sp³-hybridized carbons (Fsp3) is 0.0833. The van der Waals surface area contributed by atoms with Crippen molar-refractivity contribution in [1.82, 2.24) is 10.2 Å². The molecule has 1 aromatic carbocycles. The number of aromatic nitrogens is 2. The monoisotopic (exact) mass is 298 g/mol. The van der Waals surface area contributed by atoms with Crippen molar-refractivity contribution >= 4 is 29.2 Å². The van der Waals surface area contributed by atoms with E-state index in [4.69, 9.17) is 27.9 Å². The first-order valence-corrected chi connectivity index (χ1v) is 5.94. The first-order chi connectivity index (χ1) is 8.99. The maximum Gasteiger partial charge on any atom is 0.341 e. The minimum Gasteiger partial charge on any atom is -0.477 e. The van der Waals surface area contributed by atoms with Crippen molar-refractivity contribution in [2.75, 3.05) is 0 Å². The fourth-order valence-corrected chi connectivity index (χ4v) is 1.76. The summed E-state index contributed by atoms with van der Waals surface area (Å²) >= 11 is 11.6. The highest BCUT2D eigenvalue weighted by Crippen LogP contribution is 2.28. The number of benzene rings is 1. The van der Waals surface area contributed by atoms with Gasteiger partial charge in [0.1, 0.15) is 11.3 Å². The second kappa shape index (κ2) is 5.42. The molecule has 0 aliphatic heterocycles. The van der Waals surface area contributed by atoms with Crippen LogP contribution in [-0.2, 0) is 0 Å². The van der Waals surface area contributed by atoms with Gasteiger partial charge in [0, 0.05) is 10.6 Å². The number of carboxylic acids is 1. The number of ether oxygens (including phenoxy) is 1. The minimum absolute atomic E-state index is 0.0239. The molecule has 2 aromatic rings. The van der Waals surface area contributed by atoms with Crippen LogP contribution in [0.5, 0.6) is 11.6 Å². The molecular weight excluding hydrogens is 291 g/mol. The minimum atomic E-state index is -1.19. The van der Waals surface area contributed by atoms with Crippen molar-refractivity contribution in [1.29, 1.82) is 0 Å². The predicted molar refractivity (Wildman–Crippen MR) is 70.3 cm³/mol. The van der Waals surface area contributed by atoms with E-state index in [1.54, 1.807) is 24.3 Å². The highest BCUT2D eigenvalue weighted by Gasteiger charge is 2.20. The SMILES string of the molecule is Cc1c(Cl)nnc(Oc2cccc(Cl)c2)c1C(=O)O. The summed E-state index contributed by atoms with van der Waals surface area (Å²) in [5, 5.41) is 17.0. The standard InChI is InChI=1S/C12H8Cl2N2O3/c1-6-9(12(17)18)11(16-15-10(6)14)19-8-4-2-3-7(13)5-8/h2-5H,1H3,(H,17,18). The van der Waals surface area contributed by atoms with E-state index in [9.17, 15) is 9.90 Å². The molecule has 0 bridgehead atoms. The summed E-state index contributed by atoms with van der Waals surface area (Å²) in [4.78, 5) is 11.2. The van der Waals surface area contributed by atoms with Gasteiger partial charge in [0.15, 0.2) is 5.15 Å². The Kier molecular flexibility index (Phi) is 3.87. The second-order valence-corrected chi connectivity index (χ2v) is 4.46. The second-order valence-electron chi connectivity index (χ2n) is 3.66. The molecule has 7 heteroatoms. The summed E-state index contributed by atoms with van der Waals surface area (Å²) in [5.74, 6) is -0.950. The van der Waals surface area contributed by atoms with E-state index in [1.165, 1.54) is 6.92 Å². The van der Waals surface area contributed by atoms with Crippen molar-refractivity contribution in [3.8, 4) is 11.6 Å². The quantitative estimate of drug-likeness (QED) is 0.937. The van der Waals surface area contributed by atoms with Gasteiger partial charge in [0.2, 0.25) is 0 Å². The van der Waals surface area contributed by atoms with Gasteiger partial charge in [-0.3, -0.25) is 0 Å². The molecule has 0 saturated carbocycles. The Labute approximate surface area is 118 Å². The van der Waals surface area contributed by atoms with Crippen LogP contribution < -0.4 is 4.74 Å². The predicted octanol–water partition coefficient (Wildman–Crippen LogP) is 3.58. The van der Waals surface area contributed by atoms with Crippen molar-refractivity contribution in [2.45, 2.75) is 6.92 Å². The summed E-state index contributed by atoms with van der Waals surface area (Å²) in [6.07, 6.45) is 0. The Morgan fingerprint density at radius 1 is 1.32 bits per heavy atom. The Bertz CT molecular complexity index is 647. The number of carbonyl (C=O) groups is 1. The van der Waals surface area contributed by atoms with Crippen LogP contribution in [0, 0.1) is 6.92 Å². The van der Waals surface area contributed by atoms with Crippen molar-refractivity contribution in [3.05, 3.63) is 45.6 Å². The van der Waals surface area contributed by atoms with Gasteiger partial charge in [-0.1, -0.05) is 29.3 Å². The molecule has 2 rings (SSSR count). The van der Waals surface area contributed by atoms with E-state index in [0.29, 0.717) is 16.3 Å². The smallest absolute Gasteiger partial charge is 0.341 e. The van der Waals surface area contributed by atoms with Gasteiger partial charge in [-0.15, -0.1) is 10.2 Å². The van der Waals surface area contributed by atoms with E-state index < -0.39 is 5.97 Å². The lowest BCUT2D eigenvalue weighted by atomic mass is 10.2. The van der Waals surface area contributed by atoms with E-state index in [-0.39, 0.29) is 16.6 Å². The summed E-state index contributed by atoms with van der Waals surface area (Å²) in [7, 11) is 0. The normalized spacial score (nSPS) is 10.3. The fourth-order valence-electron chi connectivity index (χ4n) is 1.44. The van der Waals surface area contributed by atoms with E-state index >= 15 is 0 Å². The summed E-state index contributed by atoms with van der Waals surface area (Å²) < 4.78 is 5.39. The van der Waals surface area contributed by atoms with Crippen molar-refractivity contribution in [3.63, 3.8) is 0 Å². The average molecular weight is 299 g/mol. The molecule has 0 atom stereocenters. The van der Waals surface area contributed by atoms with Gasteiger partial charge >= 0.3 is 5.97 Å². The van der Waals surface area contributed by atoms with E-state index in [1.807, 2.05) is 0 Å². The van der Waals surface area contributed by atoms with Gasteiger partial charge in [-0.2, -0.15) is 0 Å². The number of hydrogen-bond donors (Lipinski definition) is 1. The third-order valence-electron chi connectivity index (χ3n) is 2.35. The largest absolute Gasteiger partial charge is 0.477 e. The zero-order valence-electron chi connectivity index (χ0n) is 9.72. The number of aromatic carboxylic acids is 1. The van der Waals surface area contributed by atoms with Crippen LogP contribution in [-0.4, -0.2) is 21.3 Å². The maximum absolute atomic E-state index is 11.2. The number of carboxylic acid groups (broad SMARTS) is 1. The maximum atomic E-state index is 11.2. The highest BCUT2D eigenvalue weighted by molar-refractivity contribution is 6.31. The summed E-state index contributed by atoms with van der Waals surface area (Å²) in [6.45, 7) is 1.53. The first kappa shape index (κ1) is 13.6.